The lowest BCUT2D eigenvalue weighted by Crippen LogP contribution is -2.29. The summed E-state index contributed by atoms with van der Waals surface area (Å²) in [6, 6.07) is 11.4. The fourth-order valence-electron chi connectivity index (χ4n) is 2.36. The van der Waals surface area contributed by atoms with Crippen molar-refractivity contribution in [2.75, 3.05) is 5.32 Å². The third-order valence-corrected chi connectivity index (χ3v) is 3.68. The molecule has 26 heavy (non-hydrogen) atoms. The van der Waals surface area contributed by atoms with Crippen LogP contribution < -0.4 is 16.7 Å². The molecule has 1 aromatic carbocycles. The van der Waals surface area contributed by atoms with Crippen LogP contribution in [0.2, 0.25) is 0 Å². The number of nitrogens with one attached hydrogen (secondary N) is 1. The van der Waals surface area contributed by atoms with Crippen LogP contribution >= 0.6 is 0 Å². The average Bonchev–Trinajstić information content (AvgIpc) is 2.91. The summed E-state index contributed by atoms with van der Waals surface area (Å²) in [6.45, 7) is -0.253. The number of primary amides is 1. The van der Waals surface area contributed by atoms with Gasteiger partial charge in [0.05, 0.1) is 0 Å². The largest absolute Gasteiger partial charge is 0.366 e. The molecule has 0 saturated heterocycles. The molecular formula is C17H16N6O3. The predicted molar refractivity (Wildman–Crippen MR) is 94.3 cm³/mol. The van der Waals surface area contributed by atoms with Gasteiger partial charge in [-0.1, -0.05) is 6.07 Å². The van der Waals surface area contributed by atoms with Crippen molar-refractivity contribution in [2.45, 2.75) is 6.54 Å². The van der Waals surface area contributed by atoms with Crippen molar-refractivity contribution >= 4 is 17.5 Å². The molecule has 0 aliphatic carbocycles. The van der Waals surface area contributed by atoms with Crippen molar-refractivity contribution in [2.24, 2.45) is 12.8 Å². The molecule has 0 unspecified atom stereocenters. The third-order valence-electron chi connectivity index (χ3n) is 3.68. The Bertz CT molecular complexity index is 1010. The van der Waals surface area contributed by atoms with E-state index in [1.54, 1.807) is 43.6 Å². The van der Waals surface area contributed by atoms with Gasteiger partial charge in [0.25, 0.3) is 0 Å². The fraction of sp³-hybridized carbons (Fsp3) is 0.118. The van der Waals surface area contributed by atoms with Gasteiger partial charge in [0.1, 0.15) is 12.2 Å². The van der Waals surface area contributed by atoms with Crippen LogP contribution in [0.5, 0.6) is 0 Å². The van der Waals surface area contributed by atoms with E-state index in [-0.39, 0.29) is 6.54 Å². The Morgan fingerprint density at radius 2 is 1.88 bits per heavy atom. The highest BCUT2D eigenvalue weighted by Crippen LogP contribution is 2.11. The first-order valence-corrected chi connectivity index (χ1v) is 7.70. The lowest BCUT2D eigenvalue weighted by Gasteiger charge is -2.05. The van der Waals surface area contributed by atoms with Gasteiger partial charge < -0.3 is 11.1 Å². The molecule has 3 N–H and O–H groups in total. The third kappa shape index (κ3) is 3.51. The Labute approximate surface area is 148 Å². The van der Waals surface area contributed by atoms with E-state index in [1.165, 1.54) is 16.7 Å². The number of amides is 2. The number of hydrogen-bond donors (Lipinski definition) is 2. The predicted octanol–water partition coefficient (Wildman–Crippen LogP) is 0.381. The molecule has 2 heterocycles. The van der Waals surface area contributed by atoms with Crippen molar-refractivity contribution in [3.05, 3.63) is 64.7 Å². The van der Waals surface area contributed by atoms with Gasteiger partial charge in [0, 0.05) is 24.5 Å². The molecule has 0 aliphatic rings. The van der Waals surface area contributed by atoms with Gasteiger partial charge in [-0.2, -0.15) is 0 Å². The number of carbonyl (C=O) groups is 2. The number of aromatic nitrogens is 4. The molecule has 2 amide bonds. The van der Waals surface area contributed by atoms with Crippen LogP contribution in [0.1, 0.15) is 10.4 Å². The van der Waals surface area contributed by atoms with Gasteiger partial charge >= 0.3 is 5.69 Å². The van der Waals surface area contributed by atoms with Crippen molar-refractivity contribution in [3.8, 4) is 11.5 Å². The standard InChI is InChI=1S/C17H16N6O3/c1-22-16(13-4-2-3-9-19-13)21-23(17(22)26)10-14(24)20-12-7-5-11(6-8-12)15(18)25/h2-9H,10H2,1H3,(H2,18,25)(H,20,24). The summed E-state index contributed by atoms with van der Waals surface area (Å²) in [6.07, 6.45) is 1.60. The topological polar surface area (TPSA) is 125 Å². The van der Waals surface area contributed by atoms with Gasteiger partial charge in [-0.25, -0.2) is 9.48 Å². The van der Waals surface area contributed by atoms with Gasteiger partial charge in [-0.3, -0.25) is 19.1 Å². The van der Waals surface area contributed by atoms with Gasteiger partial charge in [-0.15, -0.1) is 5.10 Å². The minimum absolute atomic E-state index is 0.253. The number of pyridine rings is 1. The minimum atomic E-state index is -0.551. The Hall–Kier alpha value is -3.75. The quantitative estimate of drug-likeness (QED) is 0.687. The summed E-state index contributed by atoms with van der Waals surface area (Å²) >= 11 is 0. The molecule has 9 nitrogen and oxygen atoms in total. The van der Waals surface area contributed by atoms with E-state index >= 15 is 0 Å². The van der Waals surface area contributed by atoms with E-state index in [2.05, 4.69) is 15.4 Å². The SMILES string of the molecule is Cn1c(-c2ccccn2)nn(CC(=O)Nc2ccc(C(N)=O)cc2)c1=O. The highest BCUT2D eigenvalue weighted by molar-refractivity contribution is 5.94. The first-order chi connectivity index (χ1) is 12.5. The van der Waals surface area contributed by atoms with Crippen LogP contribution in [0.3, 0.4) is 0 Å². The summed E-state index contributed by atoms with van der Waals surface area (Å²) in [5, 5.41) is 6.82. The Morgan fingerprint density at radius 3 is 2.50 bits per heavy atom. The van der Waals surface area contributed by atoms with Crippen molar-refractivity contribution in [1.29, 1.82) is 0 Å². The van der Waals surface area contributed by atoms with Gasteiger partial charge in [0.15, 0.2) is 5.82 Å². The highest BCUT2D eigenvalue weighted by Gasteiger charge is 2.15. The van der Waals surface area contributed by atoms with E-state index in [4.69, 9.17) is 5.73 Å². The number of nitrogens with zero attached hydrogens (tertiary/aromatic N) is 4. The molecule has 0 atom stereocenters. The number of carbonyl (C=O) groups excluding carboxylic acids is 2. The molecule has 0 saturated carbocycles. The van der Waals surface area contributed by atoms with E-state index in [9.17, 15) is 14.4 Å². The van der Waals surface area contributed by atoms with E-state index in [1.807, 2.05) is 0 Å². The number of nitrogens with two attached hydrogens (primary N) is 1. The zero-order valence-corrected chi connectivity index (χ0v) is 13.9. The number of benzene rings is 1. The maximum Gasteiger partial charge on any atom is 0.346 e. The summed E-state index contributed by atoms with van der Waals surface area (Å²) in [4.78, 5) is 39.7. The molecule has 0 aliphatic heterocycles. The number of anilines is 1. The molecule has 132 valence electrons. The molecule has 0 bridgehead atoms. The van der Waals surface area contributed by atoms with Crippen LogP contribution in [0.15, 0.2) is 53.5 Å². The molecule has 0 fully saturated rings. The monoisotopic (exact) mass is 352 g/mol. The maximum atomic E-state index is 12.3. The maximum absolute atomic E-state index is 12.3. The van der Waals surface area contributed by atoms with Crippen LogP contribution in [0, 0.1) is 0 Å². The van der Waals surface area contributed by atoms with Crippen molar-refractivity contribution in [3.63, 3.8) is 0 Å². The molecular weight excluding hydrogens is 336 g/mol. The Balaban J connectivity index is 1.75. The molecule has 0 radical (unpaired) electrons. The zero-order chi connectivity index (χ0) is 18.7. The molecule has 0 spiro atoms. The van der Waals surface area contributed by atoms with Crippen molar-refractivity contribution < 1.29 is 9.59 Å². The summed E-state index contributed by atoms with van der Waals surface area (Å²) in [7, 11) is 1.57. The minimum Gasteiger partial charge on any atom is -0.366 e. The number of hydrogen-bond acceptors (Lipinski definition) is 5. The average molecular weight is 352 g/mol. The van der Waals surface area contributed by atoms with Crippen LogP contribution in [-0.2, 0) is 18.4 Å². The van der Waals surface area contributed by atoms with E-state index in [0.29, 0.717) is 22.8 Å². The molecule has 9 heteroatoms. The molecule has 2 aromatic heterocycles. The molecule has 3 aromatic rings. The summed E-state index contributed by atoms with van der Waals surface area (Å²) in [5.41, 5.74) is 6.10. The summed E-state index contributed by atoms with van der Waals surface area (Å²) < 4.78 is 2.40. The molecule has 3 rings (SSSR count). The fourth-order valence-corrected chi connectivity index (χ4v) is 2.36. The lowest BCUT2D eigenvalue weighted by molar-refractivity contribution is -0.117. The first kappa shape index (κ1) is 17.1. The second-order valence-electron chi connectivity index (χ2n) is 5.53. The smallest absolute Gasteiger partial charge is 0.346 e. The second-order valence-corrected chi connectivity index (χ2v) is 5.53. The zero-order valence-electron chi connectivity index (χ0n) is 13.9. The van der Waals surface area contributed by atoms with Crippen LogP contribution in [-0.4, -0.2) is 31.1 Å². The van der Waals surface area contributed by atoms with Gasteiger partial charge in [0.2, 0.25) is 11.8 Å². The number of rotatable bonds is 5. The highest BCUT2D eigenvalue weighted by atomic mass is 16.2. The summed E-state index contributed by atoms with van der Waals surface area (Å²) in [5.74, 6) is -0.608. The Morgan fingerprint density at radius 1 is 1.15 bits per heavy atom. The van der Waals surface area contributed by atoms with E-state index in [0.717, 1.165) is 4.68 Å². The first-order valence-electron chi connectivity index (χ1n) is 7.70. The lowest BCUT2D eigenvalue weighted by atomic mass is 10.2. The van der Waals surface area contributed by atoms with Crippen LogP contribution in [0.25, 0.3) is 11.5 Å². The second kappa shape index (κ2) is 7.01. The van der Waals surface area contributed by atoms with Gasteiger partial charge in [-0.05, 0) is 36.4 Å². The Kier molecular flexibility index (Phi) is 4.61. The van der Waals surface area contributed by atoms with Crippen LogP contribution in [0.4, 0.5) is 5.69 Å². The van der Waals surface area contributed by atoms with Crippen molar-refractivity contribution in [1.82, 2.24) is 19.3 Å². The van der Waals surface area contributed by atoms with E-state index < -0.39 is 17.5 Å². The normalized spacial score (nSPS) is 10.5.